The van der Waals surface area contributed by atoms with Gasteiger partial charge in [-0.3, -0.25) is 4.31 Å². The van der Waals surface area contributed by atoms with Gasteiger partial charge in [-0.05, 0) is 48.0 Å². The Morgan fingerprint density at radius 3 is 2.15 bits per heavy atom. The molecule has 0 saturated carbocycles. The quantitative estimate of drug-likeness (QED) is 0.671. The van der Waals surface area contributed by atoms with Gasteiger partial charge >= 0.3 is 0 Å². The zero-order chi connectivity index (χ0) is 19.4. The van der Waals surface area contributed by atoms with Gasteiger partial charge in [0.25, 0.3) is 10.0 Å². The van der Waals surface area contributed by atoms with Crippen LogP contribution in [0.15, 0.2) is 77.7 Å². The lowest BCUT2D eigenvalue weighted by Gasteiger charge is -2.22. The molecule has 0 spiro atoms. The predicted molar refractivity (Wildman–Crippen MR) is 105 cm³/mol. The lowest BCUT2D eigenvalue weighted by Crippen LogP contribution is -2.27. The third-order valence-corrected chi connectivity index (χ3v) is 6.07. The summed E-state index contributed by atoms with van der Waals surface area (Å²) in [4.78, 5) is 0.181. The molecule has 3 aromatic rings. The number of rotatable bonds is 5. The summed E-state index contributed by atoms with van der Waals surface area (Å²) >= 11 is 0. The van der Waals surface area contributed by atoms with Gasteiger partial charge in [0.2, 0.25) is 0 Å². The molecule has 0 amide bonds. The van der Waals surface area contributed by atoms with Crippen molar-refractivity contribution < 1.29 is 13.2 Å². The molecule has 0 unspecified atom stereocenters. The van der Waals surface area contributed by atoms with E-state index in [2.05, 4.69) is 6.07 Å². The molecule has 0 aromatic heterocycles. The minimum absolute atomic E-state index is 0.181. The number of nitriles is 1. The van der Waals surface area contributed by atoms with Gasteiger partial charge in [-0.2, -0.15) is 5.26 Å². The Hall–Kier alpha value is -3.30. The lowest BCUT2D eigenvalue weighted by molar-refractivity contribution is 0.414. The smallest absolute Gasteiger partial charge is 0.264 e. The van der Waals surface area contributed by atoms with E-state index < -0.39 is 10.0 Å². The molecule has 136 valence electrons. The summed E-state index contributed by atoms with van der Waals surface area (Å²) in [6.45, 7) is 0. The van der Waals surface area contributed by atoms with Crippen LogP contribution in [0.2, 0.25) is 0 Å². The normalized spacial score (nSPS) is 10.9. The van der Waals surface area contributed by atoms with Crippen molar-refractivity contribution in [1.82, 2.24) is 0 Å². The number of ether oxygens (including phenoxy) is 1. The first kappa shape index (κ1) is 18.5. The fraction of sp³-hybridized carbons (Fsp3) is 0.0952. The summed E-state index contributed by atoms with van der Waals surface area (Å²) in [6.07, 6.45) is 0. The van der Waals surface area contributed by atoms with Gasteiger partial charge in [0.1, 0.15) is 5.75 Å². The standard InChI is InChI=1S/C21H18N2O3S/c1-23(27(24,25)19-13-11-18(26-2)12-14-19)21-6-4-3-5-20(21)17-9-7-16(15-22)8-10-17/h3-14H,1-2H3. The molecular formula is C21H18N2O3S. The molecule has 0 saturated heterocycles. The first-order valence-corrected chi connectivity index (χ1v) is 9.64. The Labute approximate surface area is 159 Å². The molecule has 0 aliphatic heterocycles. The molecule has 0 heterocycles. The van der Waals surface area contributed by atoms with E-state index in [1.165, 1.54) is 30.6 Å². The van der Waals surface area contributed by atoms with Crippen LogP contribution < -0.4 is 9.04 Å². The fourth-order valence-electron chi connectivity index (χ4n) is 2.75. The van der Waals surface area contributed by atoms with Gasteiger partial charge in [-0.1, -0.05) is 30.3 Å². The zero-order valence-corrected chi connectivity index (χ0v) is 15.8. The van der Waals surface area contributed by atoms with Crippen LogP contribution in [0.25, 0.3) is 11.1 Å². The second-order valence-electron chi connectivity index (χ2n) is 5.85. The Balaban J connectivity index is 2.03. The number of methoxy groups -OCH3 is 1. The topological polar surface area (TPSA) is 70.4 Å². The Bertz CT molecular complexity index is 1080. The third kappa shape index (κ3) is 3.64. The van der Waals surface area contributed by atoms with Gasteiger partial charge in [0.15, 0.2) is 0 Å². The number of hydrogen-bond donors (Lipinski definition) is 0. The second-order valence-corrected chi connectivity index (χ2v) is 7.82. The molecule has 6 heteroatoms. The summed E-state index contributed by atoms with van der Waals surface area (Å²) in [5.74, 6) is 0.592. The average Bonchev–Trinajstić information content (AvgIpc) is 2.73. The van der Waals surface area contributed by atoms with E-state index in [0.717, 1.165) is 11.1 Å². The van der Waals surface area contributed by atoms with Crippen molar-refractivity contribution >= 4 is 15.7 Å². The molecule has 0 bridgehead atoms. The van der Waals surface area contributed by atoms with Crippen LogP contribution in [-0.4, -0.2) is 22.6 Å². The Morgan fingerprint density at radius 1 is 0.926 bits per heavy atom. The SMILES string of the molecule is COc1ccc(S(=O)(=O)N(C)c2ccccc2-c2ccc(C#N)cc2)cc1. The molecule has 27 heavy (non-hydrogen) atoms. The van der Waals surface area contributed by atoms with Crippen LogP contribution in [0.1, 0.15) is 5.56 Å². The van der Waals surface area contributed by atoms with E-state index >= 15 is 0 Å². The molecule has 0 radical (unpaired) electrons. The highest BCUT2D eigenvalue weighted by Crippen LogP contribution is 2.33. The van der Waals surface area contributed by atoms with E-state index in [1.807, 2.05) is 24.3 Å². The first-order chi connectivity index (χ1) is 13.0. The van der Waals surface area contributed by atoms with Crippen LogP contribution in [-0.2, 0) is 10.0 Å². The molecule has 0 fully saturated rings. The first-order valence-electron chi connectivity index (χ1n) is 8.20. The maximum absolute atomic E-state index is 13.1. The second kappa shape index (κ2) is 7.52. The van der Waals surface area contributed by atoms with E-state index in [1.54, 1.807) is 36.4 Å². The van der Waals surface area contributed by atoms with Crippen LogP contribution in [0.3, 0.4) is 0 Å². The summed E-state index contributed by atoms with van der Waals surface area (Å²) in [5, 5.41) is 8.97. The van der Waals surface area contributed by atoms with Crippen LogP contribution in [0.4, 0.5) is 5.69 Å². The number of benzene rings is 3. The molecule has 5 nitrogen and oxygen atoms in total. The molecular weight excluding hydrogens is 360 g/mol. The third-order valence-electron chi connectivity index (χ3n) is 4.29. The number of para-hydroxylation sites is 1. The van der Waals surface area contributed by atoms with Crippen molar-refractivity contribution in [3.05, 3.63) is 78.4 Å². The van der Waals surface area contributed by atoms with Crippen molar-refractivity contribution in [2.24, 2.45) is 0 Å². The Morgan fingerprint density at radius 2 is 1.56 bits per heavy atom. The number of nitrogens with zero attached hydrogens (tertiary/aromatic N) is 2. The van der Waals surface area contributed by atoms with Crippen molar-refractivity contribution in [1.29, 1.82) is 5.26 Å². The van der Waals surface area contributed by atoms with Gasteiger partial charge in [0.05, 0.1) is 29.3 Å². The maximum Gasteiger partial charge on any atom is 0.264 e. The largest absolute Gasteiger partial charge is 0.497 e. The monoisotopic (exact) mass is 378 g/mol. The molecule has 0 N–H and O–H groups in total. The average molecular weight is 378 g/mol. The number of anilines is 1. The van der Waals surface area contributed by atoms with Crippen molar-refractivity contribution in [2.75, 3.05) is 18.5 Å². The van der Waals surface area contributed by atoms with E-state index in [9.17, 15) is 8.42 Å². The summed E-state index contributed by atoms with van der Waals surface area (Å²) in [7, 11) is -0.674. The molecule has 0 aliphatic carbocycles. The van der Waals surface area contributed by atoms with E-state index in [0.29, 0.717) is 17.0 Å². The molecule has 3 rings (SSSR count). The maximum atomic E-state index is 13.1. The van der Waals surface area contributed by atoms with Crippen molar-refractivity contribution in [3.63, 3.8) is 0 Å². The Kier molecular flexibility index (Phi) is 5.15. The van der Waals surface area contributed by atoms with Gasteiger partial charge < -0.3 is 4.74 Å². The van der Waals surface area contributed by atoms with Crippen molar-refractivity contribution in [3.8, 4) is 22.9 Å². The van der Waals surface area contributed by atoms with Gasteiger partial charge in [-0.15, -0.1) is 0 Å². The zero-order valence-electron chi connectivity index (χ0n) is 15.0. The van der Waals surface area contributed by atoms with Gasteiger partial charge in [-0.25, -0.2) is 8.42 Å². The van der Waals surface area contributed by atoms with E-state index in [4.69, 9.17) is 10.00 Å². The summed E-state index contributed by atoms with van der Waals surface area (Å²) < 4.78 is 32.5. The fourth-order valence-corrected chi connectivity index (χ4v) is 3.97. The van der Waals surface area contributed by atoms with E-state index in [-0.39, 0.29) is 4.90 Å². The number of hydrogen-bond acceptors (Lipinski definition) is 4. The minimum atomic E-state index is -3.73. The number of sulfonamides is 1. The highest BCUT2D eigenvalue weighted by Gasteiger charge is 2.23. The highest BCUT2D eigenvalue weighted by atomic mass is 32.2. The lowest BCUT2D eigenvalue weighted by atomic mass is 10.0. The highest BCUT2D eigenvalue weighted by molar-refractivity contribution is 7.92. The summed E-state index contributed by atoms with van der Waals surface area (Å²) in [5.41, 5.74) is 2.71. The van der Waals surface area contributed by atoms with Crippen LogP contribution >= 0.6 is 0 Å². The predicted octanol–water partition coefficient (Wildman–Crippen LogP) is 4.06. The van der Waals surface area contributed by atoms with Crippen LogP contribution in [0.5, 0.6) is 5.75 Å². The minimum Gasteiger partial charge on any atom is -0.497 e. The van der Waals surface area contributed by atoms with Gasteiger partial charge in [0, 0.05) is 12.6 Å². The molecule has 0 atom stereocenters. The molecule has 3 aromatic carbocycles. The van der Waals surface area contributed by atoms with Crippen molar-refractivity contribution in [2.45, 2.75) is 4.90 Å². The molecule has 0 aliphatic rings. The summed E-state index contributed by atoms with van der Waals surface area (Å²) in [6, 6.07) is 22.7. The van der Waals surface area contributed by atoms with Crippen LogP contribution in [0, 0.1) is 11.3 Å².